The Morgan fingerprint density at radius 1 is 1.39 bits per heavy atom. The van der Waals surface area contributed by atoms with Crippen molar-refractivity contribution in [2.75, 3.05) is 20.1 Å². The molecule has 1 aliphatic heterocycles. The minimum atomic E-state index is -0.130. The van der Waals surface area contributed by atoms with Crippen molar-refractivity contribution in [3.8, 4) is 0 Å². The molecule has 2 atom stereocenters. The second-order valence-corrected chi connectivity index (χ2v) is 6.35. The lowest BCUT2D eigenvalue weighted by atomic mass is 9.80. The summed E-state index contributed by atoms with van der Waals surface area (Å²) in [6.07, 6.45) is 4.17. The van der Waals surface area contributed by atoms with Crippen molar-refractivity contribution < 1.29 is 4.79 Å². The molecule has 1 heterocycles. The highest BCUT2D eigenvalue weighted by Crippen LogP contribution is 2.33. The summed E-state index contributed by atoms with van der Waals surface area (Å²) >= 11 is 0. The number of nitrogens with zero attached hydrogens (tertiary/aromatic N) is 1. The Bertz CT molecular complexity index is 270. The molecule has 0 aromatic carbocycles. The van der Waals surface area contributed by atoms with E-state index >= 15 is 0 Å². The van der Waals surface area contributed by atoms with Crippen LogP contribution in [0.25, 0.3) is 0 Å². The quantitative estimate of drug-likeness (QED) is 0.790. The van der Waals surface area contributed by atoms with E-state index in [1.165, 1.54) is 0 Å². The maximum atomic E-state index is 12.8. The van der Waals surface area contributed by atoms with Gasteiger partial charge in [0.1, 0.15) is 0 Å². The van der Waals surface area contributed by atoms with Crippen molar-refractivity contribution in [1.82, 2.24) is 10.2 Å². The summed E-state index contributed by atoms with van der Waals surface area (Å²) < 4.78 is 0. The second kappa shape index (κ2) is 6.55. The molecule has 1 N–H and O–H groups in total. The van der Waals surface area contributed by atoms with Gasteiger partial charge < -0.3 is 10.2 Å². The van der Waals surface area contributed by atoms with Crippen LogP contribution < -0.4 is 5.32 Å². The third-order valence-electron chi connectivity index (χ3n) is 4.22. The zero-order valence-corrected chi connectivity index (χ0v) is 12.8. The minimum absolute atomic E-state index is 0.130. The van der Waals surface area contributed by atoms with E-state index in [2.05, 4.69) is 33.0 Å². The van der Waals surface area contributed by atoms with Crippen LogP contribution in [-0.4, -0.2) is 37.0 Å². The first-order chi connectivity index (χ1) is 8.43. The zero-order valence-electron chi connectivity index (χ0n) is 12.8. The van der Waals surface area contributed by atoms with Crippen LogP contribution in [0.5, 0.6) is 0 Å². The van der Waals surface area contributed by atoms with E-state index in [0.29, 0.717) is 17.9 Å². The summed E-state index contributed by atoms with van der Waals surface area (Å²) in [7, 11) is 1.98. The molecule has 1 aliphatic rings. The maximum absolute atomic E-state index is 12.8. The Morgan fingerprint density at radius 3 is 2.50 bits per heavy atom. The highest BCUT2D eigenvalue weighted by molar-refractivity contribution is 5.83. The van der Waals surface area contributed by atoms with Crippen LogP contribution in [0.3, 0.4) is 0 Å². The average molecular weight is 254 g/mol. The first-order valence-electron chi connectivity index (χ1n) is 7.41. The monoisotopic (exact) mass is 254 g/mol. The van der Waals surface area contributed by atoms with Gasteiger partial charge in [-0.1, -0.05) is 27.2 Å². The normalized spacial score (nSPS) is 25.4. The van der Waals surface area contributed by atoms with Gasteiger partial charge in [0.15, 0.2) is 0 Å². The molecular weight excluding hydrogens is 224 g/mol. The van der Waals surface area contributed by atoms with E-state index in [4.69, 9.17) is 0 Å². The maximum Gasteiger partial charge on any atom is 0.230 e. The van der Waals surface area contributed by atoms with Crippen molar-refractivity contribution in [2.45, 2.75) is 59.4 Å². The number of amides is 1. The smallest absolute Gasteiger partial charge is 0.230 e. The summed E-state index contributed by atoms with van der Waals surface area (Å²) in [6, 6.07) is 0.340. The third kappa shape index (κ3) is 3.47. The van der Waals surface area contributed by atoms with Crippen LogP contribution in [0.15, 0.2) is 0 Å². The molecule has 1 rings (SSSR count). The largest absolute Gasteiger partial charge is 0.343 e. The van der Waals surface area contributed by atoms with E-state index < -0.39 is 0 Å². The molecule has 1 fully saturated rings. The molecule has 0 aromatic rings. The number of nitrogens with one attached hydrogen (secondary N) is 1. The lowest BCUT2D eigenvalue weighted by Gasteiger charge is -2.35. The van der Waals surface area contributed by atoms with Gasteiger partial charge in [0.2, 0.25) is 5.91 Å². The van der Waals surface area contributed by atoms with Gasteiger partial charge in [0.05, 0.1) is 5.41 Å². The van der Waals surface area contributed by atoms with E-state index in [1.54, 1.807) is 0 Å². The van der Waals surface area contributed by atoms with Crippen LogP contribution in [0.1, 0.15) is 53.4 Å². The fourth-order valence-electron chi connectivity index (χ4n) is 3.14. The Morgan fingerprint density at radius 2 is 2.06 bits per heavy atom. The Balaban J connectivity index is 2.71. The second-order valence-electron chi connectivity index (χ2n) is 6.35. The van der Waals surface area contributed by atoms with E-state index in [9.17, 15) is 4.79 Å². The zero-order chi connectivity index (χ0) is 13.8. The molecule has 2 unspecified atom stereocenters. The fraction of sp³-hybridized carbons (Fsp3) is 0.933. The van der Waals surface area contributed by atoms with Gasteiger partial charge in [-0.3, -0.25) is 4.79 Å². The van der Waals surface area contributed by atoms with Crippen molar-refractivity contribution in [1.29, 1.82) is 0 Å². The number of hydrogen-bond acceptors (Lipinski definition) is 2. The Hall–Kier alpha value is -0.570. The Kier molecular flexibility index (Phi) is 5.64. The van der Waals surface area contributed by atoms with E-state index in [-0.39, 0.29) is 5.41 Å². The summed E-state index contributed by atoms with van der Waals surface area (Å²) in [5, 5.41) is 3.37. The lowest BCUT2D eigenvalue weighted by molar-refractivity contribution is -0.142. The molecule has 0 radical (unpaired) electrons. The van der Waals surface area contributed by atoms with E-state index in [0.717, 1.165) is 38.8 Å². The van der Waals surface area contributed by atoms with Crippen molar-refractivity contribution >= 4 is 5.91 Å². The summed E-state index contributed by atoms with van der Waals surface area (Å²) in [5.74, 6) is 0.988. The fourth-order valence-corrected chi connectivity index (χ4v) is 3.14. The van der Waals surface area contributed by atoms with Gasteiger partial charge in [-0.25, -0.2) is 0 Å². The van der Waals surface area contributed by atoms with Gasteiger partial charge in [0.25, 0.3) is 0 Å². The van der Waals surface area contributed by atoms with Crippen molar-refractivity contribution in [3.05, 3.63) is 0 Å². The van der Waals surface area contributed by atoms with Crippen LogP contribution in [0, 0.1) is 11.3 Å². The van der Waals surface area contributed by atoms with Crippen LogP contribution in [0.2, 0.25) is 0 Å². The van der Waals surface area contributed by atoms with Crippen LogP contribution in [-0.2, 0) is 4.79 Å². The SMILES string of the molecule is CCCC1(C(=O)N(C)C(C)CC(C)C)CCNC1. The molecule has 0 aromatic heterocycles. The summed E-state index contributed by atoms with van der Waals surface area (Å²) in [5.41, 5.74) is -0.130. The molecule has 1 amide bonds. The predicted octanol–water partition coefficient (Wildman–Crippen LogP) is 2.66. The molecule has 0 aliphatic carbocycles. The molecule has 0 spiro atoms. The minimum Gasteiger partial charge on any atom is -0.343 e. The molecule has 18 heavy (non-hydrogen) atoms. The number of hydrogen-bond donors (Lipinski definition) is 1. The average Bonchev–Trinajstić information content (AvgIpc) is 2.76. The summed E-state index contributed by atoms with van der Waals surface area (Å²) in [6.45, 7) is 10.6. The van der Waals surface area contributed by atoms with Crippen molar-refractivity contribution in [2.24, 2.45) is 11.3 Å². The number of carbonyl (C=O) groups excluding carboxylic acids is 1. The molecule has 106 valence electrons. The third-order valence-corrected chi connectivity index (χ3v) is 4.22. The van der Waals surface area contributed by atoms with Gasteiger partial charge in [0, 0.05) is 19.6 Å². The molecule has 3 heteroatoms. The van der Waals surface area contributed by atoms with Crippen LogP contribution in [0.4, 0.5) is 0 Å². The molecule has 1 saturated heterocycles. The molecular formula is C15H30N2O. The van der Waals surface area contributed by atoms with Gasteiger partial charge in [-0.2, -0.15) is 0 Å². The molecule has 0 bridgehead atoms. The highest BCUT2D eigenvalue weighted by Gasteiger charge is 2.42. The molecule has 0 saturated carbocycles. The first kappa shape index (κ1) is 15.5. The number of carbonyl (C=O) groups is 1. The van der Waals surface area contributed by atoms with Gasteiger partial charge in [-0.15, -0.1) is 0 Å². The van der Waals surface area contributed by atoms with Crippen LogP contribution >= 0.6 is 0 Å². The highest BCUT2D eigenvalue weighted by atomic mass is 16.2. The molecule has 3 nitrogen and oxygen atoms in total. The number of rotatable bonds is 6. The topological polar surface area (TPSA) is 32.3 Å². The van der Waals surface area contributed by atoms with Gasteiger partial charge in [-0.05, 0) is 38.6 Å². The standard InChI is InChI=1S/C15H30N2O/c1-6-7-15(8-9-16-11-15)14(18)17(5)13(4)10-12(2)3/h12-13,16H,6-11H2,1-5H3. The predicted molar refractivity (Wildman–Crippen MR) is 76.5 cm³/mol. The lowest BCUT2D eigenvalue weighted by Crippen LogP contribution is -2.47. The Labute approximate surface area is 112 Å². The summed E-state index contributed by atoms with van der Waals surface area (Å²) in [4.78, 5) is 14.8. The van der Waals surface area contributed by atoms with E-state index in [1.807, 2.05) is 11.9 Å². The van der Waals surface area contributed by atoms with Crippen molar-refractivity contribution in [3.63, 3.8) is 0 Å². The first-order valence-corrected chi connectivity index (χ1v) is 7.41. The van der Waals surface area contributed by atoms with Gasteiger partial charge >= 0.3 is 0 Å².